The molecule has 0 saturated heterocycles. The Hall–Kier alpha value is 1.51. The van der Waals surface area contributed by atoms with Crippen molar-refractivity contribution in [1.82, 2.24) is 0 Å². The van der Waals surface area contributed by atoms with Gasteiger partial charge in [-0.1, -0.05) is 52.4 Å². The Balaban J connectivity index is 0. The first kappa shape index (κ1) is 23.8. The van der Waals surface area contributed by atoms with Gasteiger partial charge in [-0.15, -0.1) is 0 Å². The van der Waals surface area contributed by atoms with Crippen LogP contribution in [0.5, 0.6) is 0 Å². The molecule has 0 saturated carbocycles. The second-order valence-electron chi connectivity index (χ2n) is 5.31. The van der Waals surface area contributed by atoms with Crippen molar-refractivity contribution in [2.24, 2.45) is 0 Å². The SMILES string of the molecule is CCCCCCC(CCCCC(O)CC)S(=O)(=O)[O-].[K+]. The van der Waals surface area contributed by atoms with E-state index in [4.69, 9.17) is 0 Å². The van der Waals surface area contributed by atoms with Gasteiger partial charge in [0, 0.05) is 5.25 Å². The molecule has 0 aromatic heterocycles. The fourth-order valence-electron chi connectivity index (χ4n) is 2.19. The van der Waals surface area contributed by atoms with Crippen molar-refractivity contribution in [2.75, 3.05) is 0 Å². The van der Waals surface area contributed by atoms with Crippen LogP contribution in [0.2, 0.25) is 0 Å². The summed E-state index contributed by atoms with van der Waals surface area (Å²) in [6.45, 7) is 4.02. The molecule has 0 bridgehead atoms. The quantitative estimate of drug-likeness (QED) is 0.315. The fraction of sp³-hybridized carbons (Fsp3) is 1.00. The molecular weight excluding hydrogens is 303 g/mol. The second kappa shape index (κ2) is 14.1. The van der Waals surface area contributed by atoms with Gasteiger partial charge in [-0.25, -0.2) is 8.42 Å². The third-order valence-electron chi connectivity index (χ3n) is 3.57. The maximum absolute atomic E-state index is 11.2. The van der Waals surface area contributed by atoms with E-state index in [9.17, 15) is 18.1 Å². The van der Waals surface area contributed by atoms with Gasteiger partial charge in [-0.2, -0.15) is 0 Å². The Bertz CT molecular complexity index is 306. The van der Waals surface area contributed by atoms with Gasteiger partial charge in [-0.3, -0.25) is 0 Å². The number of aliphatic hydroxyl groups excluding tert-OH is 1. The van der Waals surface area contributed by atoms with Crippen LogP contribution in [0, 0.1) is 0 Å². The molecule has 6 heteroatoms. The number of aliphatic hydroxyl groups is 1. The molecule has 0 heterocycles. The van der Waals surface area contributed by atoms with Crippen molar-refractivity contribution in [3.8, 4) is 0 Å². The molecule has 0 aliphatic rings. The summed E-state index contributed by atoms with van der Waals surface area (Å²) in [6, 6.07) is 0. The van der Waals surface area contributed by atoms with Gasteiger partial charge >= 0.3 is 51.4 Å². The molecule has 0 aromatic rings. The maximum Gasteiger partial charge on any atom is 1.00 e. The minimum Gasteiger partial charge on any atom is -0.748 e. The van der Waals surface area contributed by atoms with Crippen molar-refractivity contribution in [2.45, 2.75) is 89.4 Å². The summed E-state index contributed by atoms with van der Waals surface area (Å²) in [7, 11) is -4.17. The van der Waals surface area contributed by atoms with Gasteiger partial charge < -0.3 is 9.66 Å². The van der Waals surface area contributed by atoms with Crippen molar-refractivity contribution >= 4 is 10.1 Å². The smallest absolute Gasteiger partial charge is 0.748 e. The minimum absolute atomic E-state index is 0. The van der Waals surface area contributed by atoms with Gasteiger partial charge in [0.05, 0.1) is 16.2 Å². The largest absolute Gasteiger partial charge is 1.00 e. The van der Waals surface area contributed by atoms with Crippen LogP contribution in [0.3, 0.4) is 0 Å². The molecule has 116 valence electrons. The van der Waals surface area contributed by atoms with E-state index in [2.05, 4.69) is 6.92 Å². The van der Waals surface area contributed by atoms with Crippen LogP contribution in [-0.2, 0) is 10.1 Å². The molecule has 0 spiro atoms. The standard InChI is InChI=1S/C14H30O4S.K/c1-3-5-6-7-11-14(19(16,17)18)12-9-8-10-13(15)4-2;/h13-15H,3-12H2,1-2H3,(H,16,17,18);/q;+1/p-1. The molecule has 1 N–H and O–H groups in total. The average molecular weight is 333 g/mol. The Morgan fingerprint density at radius 2 is 1.45 bits per heavy atom. The van der Waals surface area contributed by atoms with E-state index in [1.165, 1.54) is 0 Å². The van der Waals surface area contributed by atoms with Crippen LogP contribution in [-0.4, -0.2) is 29.4 Å². The zero-order valence-electron chi connectivity index (χ0n) is 13.3. The minimum atomic E-state index is -4.17. The van der Waals surface area contributed by atoms with Gasteiger partial charge in [0.2, 0.25) is 0 Å². The molecule has 0 radical (unpaired) electrons. The van der Waals surface area contributed by atoms with E-state index >= 15 is 0 Å². The first-order valence-corrected chi connectivity index (χ1v) is 9.01. The summed E-state index contributed by atoms with van der Waals surface area (Å²) in [5.41, 5.74) is 0. The van der Waals surface area contributed by atoms with Crippen LogP contribution >= 0.6 is 0 Å². The molecular formula is C14H29KO4S. The van der Waals surface area contributed by atoms with Gasteiger partial charge in [0.15, 0.2) is 0 Å². The van der Waals surface area contributed by atoms with Crippen molar-refractivity contribution in [3.05, 3.63) is 0 Å². The van der Waals surface area contributed by atoms with E-state index in [0.717, 1.165) is 38.5 Å². The Morgan fingerprint density at radius 1 is 0.950 bits per heavy atom. The summed E-state index contributed by atoms with van der Waals surface area (Å²) in [5.74, 6) is 0. The van der Waals surface area contributed by atoms with E-state index in [1.807, 2.05) is 6.92 Å². The van der Waals surface area contributed by atoms with E-state index in [-0.39, 0.29) is 57.5 Å². The van der Waals surface area contributed by atoms with Crippen LogP contribution in [0.1, 0.15) is 78.1 Å². The molecule has 0 fully saturated rings. The fourth-order valence-corrected chi connectivity index (χ4v) is 3.10. The zero-order chi connectivity index (χ0) is 14.7. The van der Waals surface area contributed by atoms with Gasteiger partial charge in [0.1, 0.15) is 0 Å². The third-order valence-corrected chi connectivity index (χ3v) is 4.86. The first-order chi connectivity index (χ1) is 8.91. The normalized spacial score (nSPS) is 14.6. The maximum atomic E-state index is 11.2. The molecule has 20 heavy (non-hydrogen) atoms. The van der Waals surface area contributed by atoms with E-state index in [1.54, 1.807) is 0 Å². The number of unbranched alkanes of at least 4 members (excludes halogenated alkanes) is 4. The number of hydrogen-bond donors (Lipinski definition) is 1. The van der Waals surface area contributed by atoms with Crippen LogP contribution in [0.15, 0.2) is 0 Å². The van der Waals surface area contributed by atoms with Crippen molar-refractivity contribution in [1.29, 1.82) is 0 Å². The third kappa shape index (κ3) is 13.2. The Labute approximate surface area is 167 Å². The van der Waals surface area contributed by atoms with Gasteiger partial charge in [-0.05, 0) is 25.7 Å². The van der Waals surface area contributed by atoms with Gasteiger partial charge in [0.25, 0.3) is 0 Å². The predicted molar refractivity (Wildman–Crippen MR) is 77.0 cm³/mol. The summed E-state index contributed by atoms with van der Waals surface area (Å²) < 4.78 is 33.5. The summed E-state index contributed by atoms with van der Waals surface area (Å²) >= 11 is 0. The van der Waals surface area contributed by atoms with Crippen LogP contribution in [0.25, 0.3) is 0 Å². The molecule has 4 nitrogen and oxygen atoms in total. The molecule has 2 unspecified atom stereocenters. The first-order valence-electron chi connectivity index (χ1n) is 7.54. The molecule has 0 amide bonds. The number of rotatable bonds is 12. The molecule has 0 aliphatic carbocycles. The van der Waals surface area contributed by atoms with Crippen molar-refractivity contribution in [3.63, 3.8) is 0 Å². The zero-order valence-corrected chi connectivity index (χ0v) is 17.2. The topological polar surface area (TPSA) is 77.4 Å². The summed E-state index contributed by atoms with van der Waals surface area (Å²) in [6.07, 6.45) is 7.54. The van der Waals surface area contributed by atoms with Crippen LogP contribution in [0.4, 0.5) is 0 Å². The Kier molecular flexibility index (Phi) is 16.8. The molecule has 2 atom stereocenters. The van der Waals surface area contributed by atoms with Crippen LogP contribution < -0.4 is 51.4 Å². The summed E-state index contributed by atoms with van der Waals surface area (Å²) in [4.78, 5) is 0. The molecule has 0 rings (SSSR count). The average Bonchev–Trinajstić information content (AvgIpc) is 2.34. The van der Waals surface area contributed by atoms with E-state index in [0.29, 0.717) is 25.7 Å². The summed E-state index contributed by atoms with van der Waals surface area (Å²) in [5, 5.41) is 8.67. The Morgan fingerprint density at radius 3 is 1.90 bits per heavy atom. The molecule has 0 aliphatic heterocycles. The monoisotopic (exact) mass is 332 g/mol. The van der Waals surface area contributed by atoms with Crippen molar-refractivity contribution < 1.29 is 69.5 Å². The van der Waals surface area contributed by atoms with E-state index < -0.39 is 15.4 Å². The number of hydrogen-bond acceptors (Lipinski definition) is 4. The molecule has 0 aromatic carbocycles. The predicted octanol–water partition coefficient (Wildman–Crippen LogP) is 0.206. The second-order valence-corrected chi connectivity index (χ2v) is 6.96.